The molecule has 0 aromatic heterocycles. The average molecular weight is 322 g/mol. The number of aromatic carboxylic acids is 1. The zero-order valence-corrected chi connectivity index (χ0v) is 10.9. The van der Waals surface area contributed by atoms with E-state index in [1.54, 1.807) is 18.2 Å². The molecule has 0 spiro atoms. The quantitative estimate of drug-likeness (QED) is 0.767. The van der Waals surface area contributed by atoms with E-state index >= 15 is 0 Å². The molecule has 0 bridgehead atoms. The Balaban J connectivity index is 3.07. The van der Waals surface area contributed by atoms with Gasteiger partial charge in [-0.2, -0.15) is 0 Å². The molecule has 0 atom stereocenters. The molecule has 2 nitrogen and oxygen atoms in total. The van der Waals surface area contributed by atoms with Crippen molar-refractivity contribution in [1.82, 2.24) is 0 Å². The van der Waals surface area contributed by atoms with Gasteiger partial charge in [0.1, 0.15) is 0 Å². The van der Waals surface area contributed by atoms with Crippen molar-refractivity contribution in [3.8, 4) is 0 Å². The molecular weight excluding hydrogens is 317 g/mol. The van der Waals surface area contributed by atoms with Crippen molar-refractivity contribution >= 4 is 9.04 Å². The first-order chi connectivity index (χ1) is 4.70. The zero-order valence-electron chi connectivity index (χ0n) is 5.37. The van der Waals surface area contributed by atoms with E-state index in [9.17, 15) is 4.79 Å². The molecule has 0 fully saturated rings. The summed E-state index contributed by atoms with van der Waals surface area (Å²) in [6, 6.07) is 7.07. The fourth-order valence-corrected chi connectivity index (χ4v) is 2.09. The standard InChI is InChI=1S/C7H5O2.Hg/c8-7(9)6-4-2-1-3-5-6;/h1-2,4-5H,(H,8,9);/q;+1. The molecule has 1 rings (SSSR count). The Morgan fingerprint density at radius 2 is 2.20 bits per heavy atom. The zero-order chi connectivity index (χ0) is 7.56. The van der Waals surface area contributed by atoms with Gasteiger partial charge in [-0.05, 0) is 0 Å². The third-order valence-electron chi connectivity index (χ3n) is 1.17. The second-order valence-electron chi connectivity index (χ2n) is 2.01. The van der Waals surface area contributed by atoms with Crippen LogP contribution < -0.4 is 3.07 Å². The number of hydrogen-bond acceptors (Lipinski definition) is 1. The van der Waals surface area contributed by atoms with Crippen LogP contribution in [0.5, 0.6) is 0 Å². The Bertz CT molecular complexity index is 258. The van der Waals surface area contributed by atoms with Gasteiger partial charge in [0.25, 0.3) is 0 Å². The minimum atomic E-state index is -0.840. The van der Waals surface area contributed by atoms with Gasteiger partial charge in [-0.1, -0.05) is 0 Å². The summed E-state index contributed by atoms with van der Waals surface area (Å²) < 4.78 is 1.17. The summed E-state index contributed by atoms with van der Waals surface area (Å²) in [7, 11) is 0. The van der Waals surface area contributed by atoms with Crippen molar-refractivity contribution in [3.63, 3.8) is 0 Å². The van der Waals surface area contributed by atoms with Crippen molar-refractivity contribution in [1.29, 1.82) is 0 Å². The monoisotopic (exact) mass is 323 g/mol. The van der Waals surface area contributed by atoms with Gasteiger partial charge in [0, 0.05) is 0 Å². The molecule has 0 saturated heterocycles. The molecule has 0 amide bonds. The molecule has 0 saturated carbocycles. The van der Waals surface area contributed by atoms with E-state index in [4.69, 9.17) is 5.11 Å². The number of hydrogen-bond donors (Lipinski definition) is 1. The van der Waals surface area contributed by atoms with Gasteiger partial charge in [-0.3, -0.25) is 0 Å². The van der Waals surface area contributed by atoms with Crippen molar-refractivity contribution in [2.45, 2.75) is 0 Å². The van der Waals surface area contributed by atoms with Crippen LogP contribution in [0.2, 0.25) is 0 Å². The molecule has 0 heterocycles. The van der Waals surface area contributed by atoms with Crippen molar-refractivity contribution in [2.24, 2.45) is 0 Å². The van der Waals surface area contributed by atoms with E-state index in [-0.39, 0.29) is 0 Å². The van der Waals surface area contributed by atoms with Crippen molar-refractivity contribution in [2.75, 3.05) is 0 Å². The first-order valence-electron chi connectivity index (χ1n) is 2.85. The SMILES string of the molecule is O=C(O)c1ccc[c]([Hg+])c1. The maximum absolute atomic E-state index is 10.4. The summed E-state index contributed by atoms with van der Waals surface area (Å²) in [6.45, 7) is 0. The molecule has 1 aromatic carbocycles. The van der Waals surface area contributed by atoms with E-state index in [0.29, 0.717) is 31.7 Å². The van der Waals surface area contributed by atoms with Crippen LogP contribution in [-0.4, -0.2) is 11.1 Å². The predicted octanol–water partition coefficient (Wildman–Crippen LogP) is 0.557. The van der Waals surface area contributed by atoms with E-state index in [2.05, 4.69) is 0 Å². The summed E-state index contributed by atoms with van der Waals surface area (Å²) in [4.78, 5) is 10.4. The van der Waals surface area contributed by atoms with Gasteiger partial charge in [0.15, 0.2) is 0 Å². The van der Waals surface area contributed by atoms with Gasteiger partial charge in [0.05, 0.1) is 0 Å². The third-order valence-corrected chi connectivity index (χ3v) is 2.88. The second kappa shape index (κ2) is 3.15. The van der Waals surface area contributed by atoms with Gasteiger partial charge < -0.3 is 0 Å². The Morgan fingerprint density at radius 3 is 2.60 bits per heavy atom. The Labute approximate surface area is 74.8 Å². The van der Waals surface area contributed by atoms with Gasteiger partial charge in [-0.15, -0.1) is 0 Å². The number of rotatable bonds is 1. The molecule has 46 valence electrons. The van der Waals surface area contributed by atoms with Crippen molar-refractivity contribution in [3.05, 3.63) is 29.8 Å². The van der Waals surface area contributed by atoms with E-state index < -0.39 is 5.97 Å². The normalized spacial score (nSPS) is 9.40. The summed E-state index contributed by atoms with van der Waals surface area (Å²) in [5, 5.41) is 8.53. The van der Waals surface area contributed by atoms with Crippen LogP contribution in [0.3, 0.4) is 0 Å². The molecular formula is C7H5HgO2+. The fourth-order valence-electron chi connectivity index (χ4n) is 0.704. The molecule has 0 aliphatic heterocycles. The minimum absolute atomic E-state index is 0.396. The summed E-state index contributed by atoms with van der Waals surface area (Å²) >= 11 is 0.520. The van der Waals surface area contributed by atoms with E-state index in [0.717, 1.165) is 0 Å². The fraction of sp³-hybridized carbons (Fsp3) is 0. The number of carbonyl (C=O) groups is 1. The average Bonchev–Trinajstić information content (AvgIpc) is 1.88. The van der Waals surface area contributed by atoms with E-state index in [1.807, 2.05) is 6.07 Å². The predicted molar refractivity (Wildman–Crippen MR) is 33.0 cm³/mol. The van der Waals surface area contributed by atoms with Crippen LogP contribution in [0.1, 0.15) is 10.4 Å². The van der Waals surface area contributed by atoms with Crippen LogP contribution in [0.4, 0.5) is 0 Å². The molecule has 0 aliphatic carbocycles. The Morgan fingerprint density at radius 1 is 1.50 bits per heavy atom. The first-order valence-corrected chi connectivity index (χ1v) is 5.60. The molecule has 0 unspecified atom stereocenters. The van der Waals surface area contributed by atoms with Crippen LogP contribution in [-0.2, 0) is 26.1 Å². The van der Waals surface area contributed by atoms with E-state index in [1.165, 1.54) is 3.07 Å². The molecule has 0 radical (unpaired) electrons. The summed E-state index contributed by atoms with van der Waals surface area (Å²) in [5.41, 5.74) is 0.396. The maximum atomic E-state index is 10.4. The van der Waals surface area contributed by atoms with Crippen LogP contribution in [0.15, 0.2) is 24.3 Å². The summed E-state index contributed by atoms with van der Waals surface area (Å²) in [6.07, 6.45) is 0. The van der Waals surface area contributed by atoms with Gasteiger partial charge >= 0.3 is 74.9 Å². The van der Waals surface area contributed by atoms with Crippen LogP contribution in [0, 0.1) is 0 Å². The van der Waals surface area contributed by atoms with Gasteiger partial charge in [-0.25, -0.2) is 0 Å². The third kappa shape index (κ3) is 1.80. The Kier molecular flexibility index (Phi) is 2.43. The Hall–Kier alpha value is -0.375. The first kappa shape index (κ1) is 7.73. The van der Waals surface area contributed by atoms with Gasteiger partial charge in [0.2, 0.25) is 0 Å². The number of carboxylic acid groups (broad SMARTS) is 1. The number of carboxylic acids is 1. The molecule has 1 aromatic rings. The summed E-state index contributed by atoms with van der Waals surface area (Å²) in [5.74, 6) is -0.840. The molecule has 10 heavy (non-hydrogen) atoms. The topological polar surface area (TPSA) is 37.3 Å². The van der Waals surface area contributed by atoms with Crippen LogP contribution >= 0.6 is 0 Å². The van der Waals surface area contributed by atoms with Crippen molar-refractivity contribution < 1.29 is 36.0 Å². The molecule has 0 aliphatic rings. The molecule has 3 heteroatoms. The van der Waals surface area contributed by atoms with Crippen LogP contribution in [0.25, 0.3) is 0 Å². The number of benzene rings is 1. The molecule has 1 N–H and O–H groups in total. The second-order valence-corrected chi connectivity index (χ2v) is 5.18.